The number of hydrogen-bond donors (Lipinski definition) is 0. The van der Waals surface area contributed by atoms with Crippen LogP contribution in [0, 0.1) is 0 Å². The third-order valence-corrected chi connectivity index (χ3v) is 9.48. The lowest BCUT2D eigenvalue weighted by atomic mass is 9.73. The van der Waals surface area contributed by atoms with Gasteiger partial charge >= 0.3 is 24.5 Å². The van der Waals surface area contributed by atoms with E-state index >= 15 is 0 Å². The van der Waals surface area contributed by atoms with Gasteiger partial charge in [-0.15, -0.1) is 0 Å². The van der Waals surface area contributed by atoms with Gasteiger partial charge in [-0.3, -0.25) is 0 Å². The minimum absolute atomic E-state index is 0.163. The zero-order chi connectivity index (χ0) is 32.4. The highest BCUT2D eigenvalue weighted by atomic mass is 16.7. The van der Waals surface area contributed by atoms with Crippen molar-refractivity contribution in [3.63, 3.8) is 0 Å². The first kappa shape index (κ1) is 29.6. The number of allylic oxidation sites excluding steroid dienone is 3. The molecule has 2 aromatic rings. The van der Waals surface area contributed by atoms with Crippen LogP contribution in [0.5, 0.6) is 0 Å². The molecule has 7 rings (SSSR count). The molecule has 238 valence electrons. The van der Waals surface area contributed by atoms with Gasteiger partial charge in [0.2, 0.25) is 0 Å². The van der Waals surface area contributed by atoms with E-state index in [4.69, 9.17) is 28.4 Å². The maximum Gasteiger partial charge on any atom is 0.394 e. The summed E-state index contributed by atoms with van der Waals surface area (Å²) in [6, 6.07) is 16.4. The maximum atomic E-state index is 13.5. The number of rotatable bonds is 6. The molecule has 1 atom stereocenters. The summed E-state index contributed by atoms with van der Waals surface area (Å²) in [5.41, 5.74) is 4.66. The van der Waals surface area contributed by atoms with E-state index in [1.165, 1.54) is 30.6 Å². The number of carbonyl (C=O) groups excluding carboxylic acids is 2. The molecule has 0 fully saturated rings. The SMILES string of the molecule is CN1C(=CC2=C(OC(=O)C3OC=CO3)C(C=C3N(C)c4ccccc4C3(C)C)(OC(=O)C3OC=CO3)C2)C(C)(C)c2ccccc21. The average Bonchev–Trinajstić information content (AvgIpc) is 3.83. The Balaban J connectivity index is 1.37. The van der Waals surface area contributed by atoms with Gasteiger partial charge in [-0.05, 0) is 35.4 Å². The number of fused-ring (bicyclic) bond motifs is 2. The Morgan fingerprint density at radius 2 is 1.22 bits per heavy atom. The number of para-hydroxylation sites is 2. The molecular formula is C36H36N2O8. The Kier molecular flexibility index (Phi) is 6.73. The molecule has 0 N–H and O–H groups in total. The van der Waals surface area contributed by atoms with E-state index in [0.29, 0.717) is 5.57 Å². The largest absolute Gasteiger partial charge is 0.450 e. The molecule has 0 bridgehead atoms. The lowest BCUT2D eigenvalue weighted by Crippen LogP contribution is -2.49. The molecule has 5 aliphatic rings. The summed E-state index contributed by atoms with van der Waals surface area (Å²) in [5, 5.41) is 0. The first-order chi connectivity index (χ1) is 21.9. The smallest absolute Gasteiger partial charge is 0.394 e. The van der Waals surface area contributed by atoms with Gasteiger partial charge in [-0.1, -0.05) is 64.1 Å². The number of hydrogen-bond acceptors (Lipinski definition) is 10. The highest BCUT2D eigenvalue weighted by Crippen LogP contribution is 2.54. The zero-order valence-electron chi connectivity index (χ0n) is 26.6. The normalized spacial score (nSPS) is 25.5. The number of benzene rings is 2. The minimum atomic E-state index is -1.49. The maximum absolute atomic E-state index is 13.5. The van der Waals surface area contributed by atoms with Crippen LogP contribution in [0.1, 0.15) is 45.2 Å². The van der Waals surface area contributed by atoms with E-state index in [1.54, 1.807) is 0 Å². The summed E-state index contributed by atoms with van der Waals surface area (Å²) in [6.45, 7) is 8.53. The molecule has 1 unspecified atom stereocenters. The first-order valence-electron chi connectivity index (χ1n) is 15.2. The molecule has 10 heteroatoms. The Morgan fingerprint density at radius 1 is 0.739 bits per heavy atom. The third-order valence-electron chi connectivity index (χ3n) is 9.48. The fourth-order valence-electron chi connectivity index (χ4n) is 7.09. The Morgan fingerprint density at radius 3 is 1.76 bits per heavy atom. The predicted octanol–water partition coefficient (Wildman–Crippen LogP) is 5.78. The van der Waals surface area contributed by atoms with Crippen molar-refractivity contribution in [2.45, 2.75) is 63.1 Å². The van der Waals surface area contributed by atoms with Gasteiger partial charge in [-0.2, -0.15) is 0 Å². The predicted molar refractivity (Wildman–Crippen MR) is 169 cm³/mol. The average molecular weight is 625 g/mol. The van der Waals surface area contributed by atoms with Gasteiger partial charge in [0.05, 0.1) is 0 Å². The zero-order valence-corrected chi connectivity index (χ0v) is 26.6. The molecule has 4 heterocycles. The molecule has 4 aliphatic heterocycles. The van der Waals surface area contributed by atoms with E-state index in [-0.39, 0.29) is 17.6 Å². The van der Waals surface area contributed by atoms with Gasteiger partial charge in [0.25, 0.3) is 0 Å². The van der Waals surface area contributed by atoms with Gasteiger partial charge in [-0.25, -0.2) is 9.59 Å². The second kappa shape index (κ2) is 10.5. The molecule has 0 saturated heterocycles. The molecule has 0 spiro atoms. The topological polar surface area (TPSA) is 96.0 Å². The van der Waals surface area contributed by atoms with Crippen molar-refractivity contribution in [1.29, 1.82) is 0 Å². The molecule has 46 heavy (non-hydrogen) atoms. The van der Waals surface area contributed by atoms with Crippen LogP contribution in [-0.4, -0.2) is 44.2 Å². The highest BCUT2D eigenvalue weighted by Gasteiger charge is 2.55. The van der Waals surface area contributed by atoms with Crippen LogP contribution in [0.2, 0.25) is 0 Å². The van der Waals surface area contributed by atoms with Crippen LogP contribution < -0.4 is 9.80 Å². The summed E-state index contributed by atoms with van der Waals surface area (Å²) in [6.07, 6.45) is 6.66. The summed E-state index contributed by atoms with van der Waals surface area (Å²) in [4.78, 5) is 31.2. The van der Waals surface area contributed by atoms with Gasteiger partial charge < -0.3 is 38.2 Å². The van der Waals surface area contributed by atoms with Gasteiger partial charge in [0.15, 0.2) is 11.4 Å². The monoisotopic (exact) mass is 624 g/mol. The van der Waals surface area contributed by atoms with E-state index in [9.17, 15) is 9.59 Å². The molecule has 1 aliphatic carbocycles. The minimum Gasteiger partial charge on any atom is -0.450 e. The molecule has 2 aromatic carbocycles. The molecule has 0 aromatic heterocycles. The van der Waals surface area contributed by atoms with Crippen molar-refractivity contribution in [2.24, 2.45) is 0 Å². The third kappa shape index (κ3) is 4.46. The van der Waals surface area contributed by atoms with Crippen molar-refractivity contribution in [1.82, 2.24) is 0 Å². The lowest BCUT2D eigenvalue weighted by Gasteiger charge is -2.43. The van der Waals surface area contributed by atoms with Crippen LogP contribution in [0.15, 0.2) is 108 Å². The van der Waals surface area contributed by atoms with E-state index in [0.717, 1.165) is 28.3 Å². The summed E-state index contributed by atoms with van der Waals surface area (Å²) in [7, 11) is 3.98. The standard InChI is InChI=1S/C36H36N2O8/c1-34(2)23-11-7-9-13-25(23)37(5)27(34)19-22-20-36(46-31(40)33-43-17-18-44-33,29(22)45-30(39)32-41-15-16-42-32)21-28-35(3,4)24-12-8-10-14-26(24)38(28)6/h7-19,21,32-33H,20H2,1-6H3. The van der Waals surface area contributed by atoms with Crippen LogP contribution in [0.4, 0.5) is 11.4 Å². The summed E-state index contributed by atoms with van der Waals surface area (Å²) in [5.74, 6) is -1.39. The van der Waals surface area contributed by atoms with Crippen LogP contribution in [0.3, 0.4) is 0 Å². The van der Waals surface area contributed by atoms with E-state index < -0.39 is 35.5 Å². The van der Waals surface area contributed by atoms with Gasteiger partial charge in [0.1, 0.15) is 25.0 Å². The van der Waals surface area contributed by atoms with Crippen LogP contribution in [0.25, 0.3) is 0 Å². The number of esters is 2. The summed E-state index contributed by atoms with van der Waals surface area (Å²) < 4.78 is 33.6. The van der Waals surface area contributed by atoms with Crippen LogP contribution >= 0.6 is 0 Å². The lowest BCUT2D eigenvalue weighted by molar-refractivity contribution is -0.188. The fourth-order valence-corrected chi connectivity index (χ4v) is 7.09. The number of nitrogens with zero attached hydrogens (tertiary/aromatic N) is 2. The molecule has 0 radical (unpaired) electrons. The van der Waals surface area contributed by atoms with E-state index in [2.05, 4.69) is 55.7 Å². The van der Waals surface area contributed by atoms with Crippen molar-refractivity contribution in [3.05, 3.63) is 120 Å². The van der Waals surface area contributed by atoms with E-state index in [1.807, 2.05) is 56.6 Å². The second-order valence-corrected chi connectivity index (χ2v) is 13.0. The molecule has 0 amide bonds. The fraction of sp³-hybridized carbons (Fsp3) is 0.333. The highest BCUT2D eigenvalue weighted by molar-refractivity contribution is 5.79. The summed E-state index contributed by atoms with van der Waals surface area (Å²) >= 11 is 0. The molecule has 0 saturated carbocycles. The Labute approximate surface area is 267 Å². The van der Waals surface area contributed by atoms with Crippen molar-refractivity contribution >= 4 is 23.3 Å². The Bertz CT molecular complexity index is 1770. The quantitative estimate of drug-likeness (QED) is 0.368. The molecule has 10 nitrogen and oxygen atoms in total. The van der Waals surface area contributed by atoms with Crippen molar-refractivity contribution in [3.8, 4) is 0 Å². The van der Waals surface area contributed by atoms with Crippen LogP contribution in [-0.2, 0) is 48.8 Å². The number of ether oxygens (including phenoxy) is 6. The molecular weight excluding hydrogens is 588 g/mol. The Hall–Kier alpha value is -5.12. The second-order valence-electron chi connectivity index (χ2n) is 13.0. The van der Waals surface area contributed by atoms with Crippen molar-refractivity contribution < 1.29 is 38.0 Å². The number of anilines is 2. The number of carbonyl (C=O) groups is 2. The van der Waals surface area contributed by atoms with Gasteiger partial charge in [0, 0.05) is 59.7 Å². The first-order valence-corrected chi connectivity index (χ1v) is 15.2. The van der Waals surface area contributed by atoms with Crippen molar-refractivity contribution in [2.75, 3.05) is 23.9 Å². The number of likely N-dealkylation sites (N-methyl/N-ethyl adjacent to an activating group) is 2.